The fraction of sp³-hybridized carbons (Fsp3) is 0.188. The number of benzene rings is 1. The van der Waals surface area contributed by atoms with Crippen molar-refractivity contribution in [2.75, 3.05) is 13.6 Å². The molecule has 2 aromatic heterocycles. The molecule has 0 saturated heterocycles. The topological polar surface area (TPSA) is 46.1 Å². The van der Waals surface area contributed by atoms with E-state index in [1.807, 2.05) is 18.5 Å². The lowest BCUT2D eigenvalue weighted by Gasteiger charge is -2.15. The minimum absolute atomic E-state index is 0.0672. The SMILES string of the molecule is CNC(CNC(=O)n1cc2ccc(F)cc2c1)c1ccsc1. The van der Waals surface area contributed by atoms with Gasteiger partial charge in [-0.25, -0.2) is 9.18 Å². The average Bonchev–Trinajstić information content (AvgIpc) is 3.16. The van der Waals surface area contributed by atoms with E-state index < -0.39 is 0 Å². The summed E-state index contributed by atoms with van der Waals surface area (Å²) in [6.07, 6.45) is 3.33. The number of halogens is 1. The average molecular weight is 317 g/mol. The van der Waals surface area contributed by atoms with E-state index in [9.17, 15) is 9.18 Å². The number of likely N-dealkylation sites (N-methyl/N-ethyl adjacent to an activating group) is 1. The lowest BCUT2D eigenvalue weighted by Crippen LogP contribution is -2.35. The van der Waals surface area contributed by atoms with Crippen LogP contribution in [0, 0.1) is 5.82 Å². The van der Waals surface area contributed by atoms with Crippen molar-refractivity contribution in [3.05, 3.63) is 58.8 Å². The third kappa shape index (κ3) is 3.03. The van der Waals surface area contributed by atoms with Crippen LogP contribution in [0.25, 0.3) is 10.8 Å². The molecule has 3 rings (SSSR count). The summed E-state index contributed by atoms with van der Waals surface area (Å²) in [5, 5.41) is 11.7. The molecular formula is C16H16FN3OS. The maximum absolute atomic E-state index is 13.2. The van der Waals surface area contributed by atoms with Gasteiger partial charge in [0.2, 0.25) is 0 Å². The number of carbonyl (C=O) groups excluding carboxylic acids is 1. The van der Waals surface area contributed by atoms with E-state index in [2.05, 4.69) is 16.0 Å². The van der Waals surface area contributed by atoms with Gasteiger partial charge < -0.3 is 10.6 Å². The normalized spacial score (nSPS) is 12.5. The van der Waals surface area contributed by atoms with Crippen molar-refractivity contribution in [1.82, 2.24) is 15.2 Å². The van der Waals surface area contributed by atoms with Gasteiger partial charge in [0.25, 0.3) is 0 Å². The molecule has 3 aromatic rings. The van der Waals surface area contributed by atoms with E-state index in [-0.39, 0.29) is 17.9 Å². The van der Waals surface area contributed by atoms with E-state index in [0.29, 0.717) is 11.9 Å². The third-order valence-corrected chi connectivity index (χ3v) is 4.29. The predicted octanol–water partition coefficient (Wildman–Crippen LogP) is 3.36. The molecule has 1 aromatic carbocycles. The molecule has 114 valence electrons. The summed E-state index contributed by atoms with van der Waals surface area (Å²) in [5.74, 6) is -0.307. The number of nitrogens with one attached hydrogen (secondary N) is 2. The van der Waals surface area contributed by atoms with Crippen LogP contribution < -0.4 is 10.6 Å². The first kappa shape index (κ1) is 14.7. The standard InChI is InChI=1S/C16H16FN3OS/c1-18-15(12-4-5-22-10-12)7-19-16(21)20-8-11-2-3-14(17)6-13(11)9-20/h2-6,8-10,15,18H,7H2,1H3,(H,19,21). The first-order valence-electron chi connectivity index (χ1n) is 6.92. The lowest BCUT2D eigenvalue weighted by molar-refractivity contribution is 0.241. The van der Waals surface area contributed by atoms with Gasteiger partial charge in [0.15, 0.2) is 0 Å². The number of aromatic nitrogens is 1. The Kier molecular flexibility index (Phi) is 4.22. The molecule has 0 aliphatic heterocycles. The number of carbonyl (C=O) groups is 1. The van der Waals surface area contributed by atoms with Gasteiger partial charge in [-0.15, -0.1) is 0 Å². The lowest BCUT2D eigenvalue weighted by atomic mass is 10.1. The molecule has 2 N–H and O–H groups in total. The highest BCUT2D eigenvalue weighted by atomic mass is 32.1. The van der Waals surface area contributed by atoms with Crippen LogP contribution in [0.1, 0.15) is 11.6 Å². The zero-order chi connectivity index (χ0) is 15.5. The Bertz CT molecular complexity index is 782. The highest BCUT2D eigenvalue weighted by Gasteiger charge is 2.12. The predicted molar refractivity (Wildman–Crippen MR) is 86.8 cm³/mol. The summed E-state index contributed by atoms with van der Waals surface area (Å²) in [7, 11) is 1.86. The number of amides is 1. The molecule has 0 fully saturated rings. The van der Waals surface area contributed by atoms with E-state index >= 15 is 0 Å². The van der Waals surface area contributed by atoms with E-state index in [1.54, 1.807) is 29.8 Å². The first-order valence-corrected chi connectivity index (χ1v) is 7.86. The van der Waals surface area contributed by atoms with Gasteiger partial charge in [-0.2, -0.15) is 11.3 Å². The van der Waals surface area contributed by atoms with Crippen molar-refractivity contribution >= 4 is 28.1 Å². The molecule has 0 radical (unpaired) electrons. The molecule has 2 heterocycles. The quantitative estimate of drug-likeness (QED) is 0.775. The monoisotopic (exact) mass is 317 g/mol. The Hall–Kier alpha value is -2.18. The Balaban J connectivity index is 1.70. The Morgan fingerprint density at radius 1 is 1.32 bits per heavy atom. The highest BCUT2D eigenvalue weighted by molar-refractivity contribution is 7.07. The molecule has 0 aliphatic rings. The van der Waals surface area contributed by atoms with E-state index in [1.165, 1.54) is 16.7 Å². The molecule has 0 saturated carbocycles. The highest BCUT2D eigenvalue weighted by Crippen LogP contribution is 2.17. The van der Waals surface area contributed by atoms with Crippen molar-refractivity contribution in [2.24, 2.45) is 0 Å². The fourth-order valence-corrected chi connectivity index (χ4v) is 3.08. The van der Waals surface area contributed by atoms with E-state index in [4.69, 9.17) is 0 Å². The molecule has 4 nitrogen and oxygen atoms in total. The molecule has 0 aliphatic carbocycles. The third-order valence-electron chi connectivity index (χ3n) is 3.59. The Morgan fingerprint density at radius 2 is 2.14 bits per heavy atom. The number of nitrogens with zero attached hydrogens (tertiary/aromatic N) is 1. The van der Waals surface area contributed by atoms with Crippen LogP contribution in [0.5, 0.6) is 0 Å². The molecular weight excluding hydrogens is 301 g/mol. The second-order valence-corrected chi connectivity index (χ2v) is 5.80. The second-order valence-electron chi connectivity index (χ2n) is 5.02. The van der Waals surface area contributed by atoms with Crippen molar-refractivity contribution in [1.29, 1.82) is 0 Å². The Morgan fingerprint density at radius 3 is 2.86 bits per heavy atom. The molecule has 1 atom stereocenters. The smallest absolute Gasteiger partial charge is 0.325 e. The fourth-order valence-electron chi connectivity index (χ4n) is 2.37. The largest absolute Gasteiger partial charge is 0.335 e. The molecule has 6 heteroatoms. The van der Waals surface area contributed by atoms with Crippen LogP contribution in [0.3, 0.4) is 0 Å². The number of rotatable bonds is 4. The van der Waals surface area contributed by atoms with Crippen molar-refractivity contribution in [3.63, 3.8) is 0 Å². The first-order chi connectivity index (χ1) is 10.7. The number of hydrogen-bond donors (Lipinski definition) is 2. The zero-order valence-electron chi connectivity index (χ0n) is 12.0. The van der Waals surface area contributed by atoms with Crippen LogP contribution in [-0.4, -0.2) is 24.2 Å². The molecule has 0 bridgehead atoms. The summed E-state index contributed by atoms with van der Waals surface area (Å²) in [6, 6.07) is 6.34. The van der Waals surface area contributed by atoms with Crippen LogP contribution >= 0.6 is 11.3 Å². The maximum atomic E-state index is 13.2. The van der Waals surface area contributed by atoms with Gasteiger partial charge in [0, 0.05) is 29.7 Å². The molecule has 22 heavy (non-hydrogen) atoms. The molecule has 0 spiro atoms. The number of thiophene rings is 1. The van der Waals surface area contributed by atoms with Crippen LogP contribution in [0.2, 0.25) is 0 Å². The molecule has 1 amide bonds. The second kappa shape index (κ2) is 6.29. The van der Waals surface area contributed by atoms with Gasteiger partial charge in [-0.1, -0.05) is 0 Å². The van der Waals surface area contributed by atoms with Gasteiger partial charge in [-0.05, 0) is 47.6 Å². The Labute approximate surface area is 131 Å². The summed E-state index contributed by atoms with van der Waals surface area (Å²) in [4.78, 5) is 12.2. The summed E-state index contributed by atoms with van der Waals surface area (Å²) < 4.78 is 14.6. The van der Waals surface area contributed by atoms with Crippen LogP contribution in [0.15, 0.2) is 47.4 Å². The van der Waals surface area contributed by atoms with E-state index in [0.717, 1.165) is 10.9 Å². The minimum atomic E-state index is -0.307. The summed E-state index contributed by atoms with van der Waals surface area (Å²) in [6.45, 7) is 0.481. The number of fused-ring (bicyclic) bond motifs is 1. The van der Waals surface area contributed by atoms with Crippen LogP contribution in [-0.2, 0) is 0 Å². The van der Waals surface area contributed by atoms with Gasteiger partial charge in [0.1, 0.15) is 5.82 Å². The van der Waals surface area contributed by atoms with Gasteiger partial charge in [-0.3, -0.25) is 4.57 Å². The summed E-state index contributed by atoms with van der Waals surface area (Å²) in [5.41, 5.74) is 1.15. The molecule has 1 unspecified atom stereocenters. The van der Waals surface area contributed by atoms with Crippen molar-refractivity contribution < 1.29 is 9.18 Å². The maximum Gasteiger partial charge on any atom is 0.325 e. The van der Waals surface area contributed by atoms with Crippen LogP contribution in [0.4, 0.5) is 9.18 Å². The van der Waals surface area contributed by atoms with Crippen molar-refractivity contribution in [3.8, 4) is 0 Å². The number of hydrogen-bond acceptors (Lipinski definition) is 3. The summed E-state index contributed by atoms with van der Waals surface area (Å²) >= 11 is 1.62. The van der Waals surface area contributed by atoms with Gasteiger partial charge >= 0.3 is 6.03 Å². The van der Waals surface area contributed by atoms with Gasteiger partial charge in [0.05, 0.1) is 6.04 Å². The minimum Gasteiger partial charge on any atom is -0.335 e. The van der Waals surface area contributed by atoms with Crippen molar-refractivity contribution in [2.45, 2.75) is 6.04 Å². The zero-order valence-corrected chi connectivity index (χ0v) is 12.9.